The average Bonchev–Trinajstić information content (AvgIpc) is 3.42. The van der Waals surface area contributed by atoms with Gasteiger partial charge in [0, 0.05) is 29.2 Å². The molecule has 1 N–H and O–H groups in total. The van der Waals surface area contributed by atoms with E-state index >= 15 is 0 Å². The normalized spacial score (nSPS) is 14.3. The maximum absolute atomic E-state index is 13.0. The second-order valence-electron chi connectivity index (χ2n) is 8.22. The van der Waals surface area contributed by atoms with E-state index in [9.17, 15) is 9.59 Å². The van der Waals surface area contributed by atoms with Crippen molar-refractivity contribution < 1.29 is 23.5 Å². The molecule has 0 saturated heterocycles. The third kappa shape index (κ3) is 4.02. The van der Waals surface area contributed by atoms with Gasteiger partial charge in [-0.05, 0) is 61.6 Å². The Morgan fingerprint density at radius 2 is 1.81 bits per heavy atom. The minimum atomic E-state index is -0.258. The van der Waals surface area contributed by atoms with Crippen LogP contribution in [0.4, 0.5) is 5.69 Å². The van der Waals surface area contributed by atoms with Gasteiger partial charge in [-0.25, -0.2) is 0 Å². The van der Waals surface area contributed by atoms with E-state index in [1.165, 1.54) is 11.1 Å². The number of aryl methyl sites for hydroxylation is 2. The van der Waals surface area contributed by atoms with Crippen LogP contribution in [0.15, 0.2) is 41.0 Å². The van der Waals surface area contributed by atoms with E-state index in [1.807, 2.05) is 6.92 Å². The maximum Gasteiger partial charge on any atom is 0.243 e. The molecule has 7 nitrogen and oxygen atoms in total. The van der Waals surface area contributed by atoms with Crippen LogP contribution < -0.4 is 14.8 Å². The fraction of sp³-hybridized carbons (Fsp3) is 0.360. The summed E-state index contributed by atoms with van der Waals surface area (Å²) < 4.78 is 16.8. The number of ether oxygens (including phenoxy) is 2. The van der Waals surface area contributed by atoms with Crippen molar-refractivity contribution in [1.82, 2.24) is 4.90 Å². The number of nitrogens with zero attached hydrogens (tertiary/aromatic N) is 1. The molecule has 5 rings (SSSR count). The van der Waals surface area contributed by atoms with Crippen molar-refractivity contribution in [2.24, 2.45) is 0 Å². The Morgan fingerprint density at radius 3 is 2.62 bits per heavy atom. The second kappa shape index (κ2) is 8.57. The molecule has 2 aromatic carbocycles. The number of carbonyl (C=O) groups is 2. The van der Waals surface area contributed by atoms with Crippen molar-refractivity contribution in [3.05, 3.63) is 53.3 Å². The van der Waals surface area contributed by atoms with Gasteiger partial charge in [0.05, 0.1) is 19.2 Å². The third-order valence-corrected chi connectivity index (χ3v) is 6.10. The standard InChI is InChI=1S/C25H26N2O5/c1-2-27(14-24(28)26-19-6-7-21-23(13-19)31-9-8-30-21)25(29)12-18-15-32-22-11-17-5-3-4-16(17)10-20(18)22/h6-7,10-11,13,15H,2-5,8-9,12,14H2,1H3,(H,26,28). The van der Waals surface area contributed by atoms with Gasteiger partial charge in [0.1, 0.15) is 18.8 Å². The Balaban J connectivity index is 1.24. The molecule has 1 aromatic heterocycles. The molecule has 32 heavy (non-hydrogen) atoms. The van der Waals surface area contributed by atoms with E-state index in [-0.39, 0.29) is 24.8 Å². The first-order valence-corrected chi connectivity index (χ1v) is 11.1. The van der Waals surface area contributed by atoms with E-state index in [1.54, 1.807) is 29.4 Å². The van der Waals surface area contributed by atoms with Crippen LogP contribution in [0.3, 0.4) is 0 Å². The first-order valence-electron chi connectivity index (χ1n) is 11.1. The molecule has 7 heteroatoms. The Kier molecular flexibility index (Phi) is 5.47. The Labute approximate surface area is 186 Å². The number of hydrogen-bond acceptors (Lipinski definition) is 5. The quantitative estimate of drug-likeness (QED) is 0.640. The number of furan rings is 1. The van der Waals surface area contributed by atoms with Gasteiger partial charge in [-0.15, -0.1) is 0 Å². The zero-order chi connectivity index (χ0) is 22.1. The summed E-state index contributed by atoms with van der Waals surface area (Å²) >= 11 is 0. The van der Waals surface area contributed by atoms with Gasteiger partial charge in [0.15, 0.2) is 11.5 Å². The average molecular weight is 434 g/mol. The molecule has 0 unspecified atom stereocenters. The van der Waals surface area contributed by atoms with Crippen LogP contribution >= 0.6 is 0 Å². The molecule has 0 atom stereocenters. The molecule has 166 valence electrons. The Bertz CT molecular complexity index is 1180. The molecule has 0 saturated carbocycles. The summed E-state index contributed by atoms with van der Waals surface area (Å²) in [5.74, 6) is 0.910. The van der Waals surface area contributed by atoms with Crippen LogP contribution in [0.2, 0.25) is 0 Å². The first kappa shape index (κ1) is 20.4. The summed E-state index contributed by atoms with van der Waals surface area (Å²) in [6.07, 6.45) is 5.20. The molecule has 2 heterocycles. The first-order chi connectivity index (χ1) is 15.6. The van der Waals surface area contributed by atoms with Gasteiger partial charge in [-0.3, -0.25) is 9.59 Å². The Morgan fingerprint density at radius 1 is 1.03 bits per heavy atom. The van der Waals surface area contributed by atoms with E-state index in [4.69, 9.17) is 13.9 Å². The summed E-state index contributed by atoms with van der Waals surface area (Å²) in [5, 5.41) is 3.84. The molecule has 1 aliphatic heterocycles. The van der Waals surface area contributed by atoms with E-state index < -0.39 is 0 Å². The lowest BCUT2D eigenvalue weighted by molar-refractivity contribution is -0.133. The SMILES string of the molecule is CCN(CC(=O)Nc1ccc2c(c1)OCCO2)C(=O)Cc1coc2cc3c(cc12)CCC3. The number of likely N-dealkylation sites (N-methyl/N-ethyl adjacent to an activating group) is 1. The number of benzene rings is 2. The molecule has 0 spiro atoms. The monoisotopic (exact) mass is 434 g/mol. The van der Waals surface area contributed by atoms with Crippen LogP contribution in [0.5, 0.6) is 11.5 Å². The van der Waals surface area contributed by atoms with Gasteiger partial charge in [0.2, 0.25) is 11.8 Å². The molecule has 3 aromatic rings. The summed E-state index contributed by atoms with van der Waals surface area (Å²) in [6, 6.07) is 9.53. The highest BCUT2D eigenvalue weighted by molar-refractivity contribution is 5.96. The van der Waals surface area contributed by atoms with E-state index in [0.29, 0.717) is 36.9 Å². The molecule has 2 amide bonds. The highest BCUT2D eigenvalue weighted by atomic mass is 16.6. The lowest BCUT2D eigenvalue weighted by Gasteiger charge is -2.21. The molecule has 0 fully saturated rings. The second-order valence-corrected chi connectivity index (χ2v) is 8.22. The van der Waals surface area contributed by atoms with Crippen LogP contribution in [0.25, 0.3) is 11.0 Å². The molecular formula is C25H26N2O5. The van der Waals surface area contributed by atoms with Crippen molar-refractivity contribution in [3.63, 3.8) is 0 Å². The number of hydrogen-bond donors (Lipinski definition) is 1. The number of nitrogens with one attached hydrogen (secondary N) is 1. The fourth-order valence-electron chi connectivity index (χ4n) is 4.43. The van der Waals surface area contributed by atoms with Gasteiger partial charge in [0.25, 0.3) is 0 Å². The summed E-state index contributed by atoms with van der Waals surface area (Å²) in [6.45, 7) is 3.29. The number of fused-ring (bicyclic) bond motifs is 3. The van der Waals surface area contributed by atoms with Crippen LogP contribution in [0, 0.1) is 0 Å². The molecule has 2 aliphatic rings. The highest BCUT2D eigenvalue weighted by Crippen LogP contribution is 2.33. The van der Waals surface area contributed by atoms with Gasteiger partial charge in [-0.2, -0.15) is 0 Å². The molecular weight excluding hydrogens is 408 g/mol. The number of anilines is 1. The highest BCUT2D eigenvalue weighted by Gasteiger charge is 2.21. The van der Waals surface area contributed by atoms with E-state index in [0.717, 1.165) is 35.8 Å². The molecule has 1 aliphatic carbocycles. The minimum Gasteiger partial charge on any atom is -0.486 e. The van der Waals surface area contributed by atoms with Crippen LogP contribution in [0.1, 0.15) is 30.0 Å². The summed E-state index contributed by atoms with van der Waals surface area (Å²) in [4.78, 5) is 27.1. The predicted molar refractivity (Wildman–Crippen MR) is 120 cm³/mol. The zero-order valence-corrected chi connectivity index (χ0v) is 18.1. The third-order valence-electron chi connectivity index (χ3n) is 6.10. The number of rotatable bonds is 6. The number of amides is 2. The predicted octanol–water partition coefficient (Wildman–Crippen LogP) is 3.72. The van der Waals surface area contributed by atoms with Gasteiger partial charge >= 0.3 is 0 Å². The van der Waals surface area contributed by atoms with Crippen molar-refractivity contribution in [2.45, 2.75) is 32.6 Å². The van der Waals surface area contributed by atoms with Gasteiger partial charge in [-0.1, -0.05) is 0 Å². The van der Waals surface area contributed by atoms with E-state index in [2.05, 4.69) is 17.4 Å². The maximum atomic E-state index is 13.0. The van der Waals surface area contributed by atoms with Crippen LogP contribution in [-0.2, 0) is 28.9 Å². The minimum absolute atomic E-state index is 0.0189. The summed E-state index contributed by atoms with van der Waals surface area (Å²) in [5.41, 5.74) is 4.99. The lowest BCUT2D eigenvalue weighted by Crippen LogP contribution is -2.38. The van der Waals surface area contributed by atoms with Crippen molar-refractivity contribution in [1.29, 1.82) is 0 Å². The van der Waals surface area contributed by atoms with Crippen molar-refractivity contribution >= 4 is 28.5 Å². The lowest BCUT2D eigenvalue weighted by atomic mass is 10.0. The zero-order valence-electron chi connectivity index (χ0n) is 18.1. The van der Waals surface area contributed by atoms with Crippen molar-refractivity contribution in [2.75, 3.05) is 31.6 Å². The number of carbonyl (C=O) groups excluding carboxylic acids is 2. The smallest absolute Gasteiger partial charge is 0.243 e. The molecule has 0 radical (unpaired) electrons. The fourth-order valence-corrected chi connectivity index (χ4v) is 4.43. The Hall–Kier alpha value is -3.48. The largest absolute Gasteiger partial charge is 0.486 e. The van der Waals surface area contributed by atoms with Crippen molar-refractivity contribution in [3.8, 4) is 11.5 Å². The molecule has 0 bridgehead atoms. The van der Waals surface area contributed by atoms with Gasteiger partial charge < -0.3 is 24.1 Å². The summed E-state index contributed by atoms with van der Waals surface area (Å²) in [7, 11) is 0. The topological polar surface area (TPSA) is 81.0 Å². The van der Waals surface area contributed by atoms with Crippen LogP contribution in [-0.4, -0.2) is 43.0 Å².